The number of nitrogens with zero attached hydrogens (tertiary/aromatic N) is 1. The zero-order valence-corrected chi connectivity index (χ0v) is 9.75. The average Bonchev–Trinajstić information content (AvgIpc) is 2.56. The molecular weight excluding hydrogens is 184 g/mol. The van der Waals surface area contributed by atoms with Crippen LogP contribution in [-0.4, -0.2) is 37.1 Å². The van der Waals surface area contributed by atoms with Gasteiger partial charge in [-0.25, -0.2) is 0 Å². The SMILES string of the molecule is C1CC(CCNC2CCN3CCC2C3)C1. The summed E-state index contributed by atoms with van der Waals surface area (Å²) in [5.74, 6) is 2.04. The molecule has 3 aliphatic rings. The maximum Gasteiger partial charge on any atom is 0.0120 e. The molecule has 2 aliphatic heterocycles. The van der Waals surface area contributed by atoms with Crippen molar-refractivity contribution in [2.45, 2.75) is 44.6 Å². The van der Waals surface area contributed by atoms with E-state index in [0.717, 1.165) is 17.9 Å². The molecule has 15 heavy (non-hydrogen) atoms. The Kier molecular flexibility index (Phi) is 2.98. The molecule has 0 radical (unpaired) electrons. The summed E-state index contributed by atoms with van der Waals surface area (Å²) >= 11 is 0. The van der Waals surface area contributed by atoms with Crippen molar-refractivity contribution in [1.82, 2.24) is 10.2 Å². The van der Waals surface area contributed by atoms with E-state index in [-0.39, 0.29) is 0 Å². The van der Waals surface area contributed by atoms with E-state index in [1.165, 1.54) is 64.7 Å². The Labute approximate surface area is 93.4 Å². The third kappa shape index (κ3) is 2.21. The molecule has 2 bridgehead atoms. The molecular formula is C13H24N2. The summed E-state index contributed by atoms with van der Waals surface area (Å²) < 4.78 is 0. The van der Waals surface area contributed by atoms with Gasteiger partial charge in [-0.3, -0.25) is 0 Å². The summed E-state index contributed by atoms with van der Waals surface area (Å²) in [5, 5.41) is 3.82. The van der Waals surface area contributed by atoms with Crippen molar-refractivity contribution < 1.29 is 0 Å². The molecule has 2 heteroatoms. The zero-order valence-electron chi connectivity index (χ0n) is 9.75. The largest absolute Gasteiger partial charge is 0.314 e. The van der Waals surface area contributed by atoms with Crippen LogP contribution in [0, 0.1) is 11.8 Å². The van der Waals surface area contributed by atoms with E-state index in [9.17, 15) is 0 Å². The topological polar surface area (TPSA) is 15.3 Å². The van der Waals surface area contributed by atoms with Crippen LogP contribution in [0.15, 0.2) is 0 Å². The second kappa shape index (κ2) is 4.42. The normalized spacial score (nSPS) is 40.4. The maximum atomic E-state index is 3.82. The van der Waals surface area contributed by atoms with Gasteiger partial charge < -0.3 is 10.2 Å². The standard InChI is InChI=1S/C13H24N2/c1-2-11(3-1)4-7-14-13-6-9-15-8-5-12(13)10-15/h11-14H,1-10H2. The molecule has 0 spiro atoms. The van der Waals surface area contributed by atoms with Crippen molar-refractivity contribution in [3.05, 3.63) is 0 Å². The van der Waals surface area contributed by atoms with E-state index >= 15 is 0 Å². The Hall–Kier alpha value is -0.0800. The number of nitrogens with one attached hydrogen (secondary N) is 1. The Bertz CT molecular complexity index is 213. The van der Waals surface area contributed by atoms with E-state index in [1.54, 1.807) is 0 Å². The minimum absolute atomic E-state index is 0.851. The second-order valence-corrected chi connectivity index (χ2v) is 5.78. The first-order valence-corrected chi connectivity index (χ1v) is 6.87. The first-order chi connectivity index (χ1) is 7.42. The van der Waals surface area contributed by atoms with Gasteiger partial charge in [0.05, 0.1) is 0 Å². The monoisotopic (exact) mass is 208 g/mol. The van der Waals surface area contributed by atoms with Gasteiger partial charge in [-0.1, -0.05) is 19.3 Å². The lowest BCUT2D eigenvalue weighted by Gasteiger charge is -2.32. The van der Waals surface area contributed by atoms with E-state index < -0.39 is 0 Å². The quantitative estimate of drug-likeness (QED) is 0.758. The summed E-state index contributed by atoms with van der Waals surface area (Å²) in [7, 11) is 0. The summed E-state index contributed by atoms with van der Waals surface area (Å²) in [4.78, 5) is 2.63. The third-order valence-corrected chi connectivity index (χ3v) is 4.82. The molecule has 3 rings (SSSR count). The lowest BCUT2D eigenvalue weighted by atomic mass is 9.83. The molecule has 3 atom stereocenters. The molecule has 2 nitrogen and oxygen atoms in total. The Morgan fingerprint density at radius 2 is 1.93 bits per heavy atom. The van der Waals surface area contributed by atoms with Crippen molar-refractivity contribution in [1.29, 1.82) is 0 Å². The van der Waals surface area contributed by atoms with E-state index in [0.29, 0.717) is 0 Å². The predicted octanol–water partition coefficient (Wildman–Crippen LogP) is 1.86. The highest BCUT2D eigenvalue weighted by atomic mass is 15.2. The molecule has 0 aromatic rings. The zero-order chi connectivity index (χ0) is 10.1. The third-order valence-electron chi connectivity index (χ3n) is 4.82. The first kappa shape index (κ1) is 10.1. The molecule has 3 fully saturated rings. The highest BCUT2D eigenvalue weighted by Gasteiger charge is 2.33. The van der Waals surface area contributed by atoms with Crippen molar-refractivity contribution in [2.24, 2.45) is 11.8 Å². The molecule has 2 saturated heterocycles. The van der Waals surface area contributed by atoms with Gasteiger partial charge >= 0.3 is 0 Å². The summed E-state index contributed by atoms with van der Waals surface area (Å²) in [6.45, 7) is 5.37. The molecule has 2 heterocycles. The molecule has 1 saturated carbocycles. The lowest BCUT2D eigenvalue weighted by Crippen LogP contribution is -2.44. The molecule has 1 N–H and O–H groups in total. The van der Waals surface area contributed by atoms with Crippen LogP contribution in [0.1, 0.15) is 38.5 Å². The first-order valence-electron chi connectivity index (χ1n) is 6.87. The molecule has 1 aliphatic carbocycles. The fourth-order valence-electron chi connectivity index (χ4n) is 3.47. The highest BCUT2D eigenvalue weighted by Crippen LogP contribution is 2.30. The number of piperidine rings is 1. The summed E-state index contributed by atoms with van der Waals surface area (Å²) in [6.07, 6.45) is 8.78. The van der Waals surface area contributed by atoms with Gasteiger partial charge in [0.1, 0.15) is 0 Å². The van der Waals surface area contributed by atoms with Gasteiger partial charge in [0.15, 0.2) is 0 Å². The Morgan fingerprint density at radius 3 is 2.73 bits per heavy atom. The fourth-order valence-corrected chi connectivity index (χ4v) is 3.47. The van der Waals surface area contributed by atoms with Gasteiger partial charge in [0, 0.05) is 12.6 Å². The Balaban J connectivity index is 1.38. The highest BCUT2D eigenvalue weighted by molar-refractivity contribution is 4.90. The number of rotatable bonds is 4. The molecule has 86 valence electrons. The van der Waals surface area contributed by atoms with Gasteiger partial charge in [-0.05, 0) is 50.7 Å². The number of hydrogen-bond donors (Lipinski definition) is 1. The maximum absolute atomic E-state index is 3.82. The van der Waals surface area contributed by atoms with Crippen molar-refractivity contribution >= 4 is 0 Å². The van der Waals surface area contributed by atoms with E-state index in [2.05, 4.69) is 10.2 Å². The second-order valence-electron chi connectivity index (χ2n) is 5.78. The summed E-state index contributed by atoms with van der Waals surface area (Å²) in [5.41, 5.74) is 0. The Morgan fingerprint density at radius 1 is 1.07 bits per heavy atom. The van der Waals surface area contributed by atoms with E-state index in [1.807, 2.05) is 0 Å². The van der Waals surface area contributed by atoms with Crippen LogP contribution in [0.3, 0.4) is 0 Å². The molecule has 3 unspecified atom stereocenters. The average molecular weight is 208 g/mol. The number of fused-ring (bicyclic) bond motifs is 2. The van der Waals surface area contributed by atoms with Gasteiger partial charge in [-0.2, -0.15) is 0 Å². The number of hydrogen-bond acceptors (Lipinski definition) is 2. The van der Waals surface area contributed by atoms with Crippen molar-refractivity contribution in [3.8, 4) is 0 Å². The summed E-state index contributed by atoms with van der Waals surface area (Å²) in [6, 6.07) is 0.851. The lowest BCUT2D eigenvalue weighted by molar-refractivity contribution is 0.212. The van der Waals surface area contributed by atoms with Crippen LogP contribution in [0.5, 0.6) is 0 Å². The van der Waals surface area contributed by atoms with Gasteiger partial charge in [0.2, 0.25) is 0 Å². The van der Waals surface area contributed by atoms with Crippen LogP contribution in [0.2, 0.25) is 0 Å². The molecule has 0 aromatic carbocycles. The fraction of sp³-hybridized carbons (Fsp3) is 1.00. The van der Waals surface area contributed by atoms with Crippen LogP contribution < -0.4 is 5.32 Å². The van der Waals surface area contributed by atoms with Crippen LogP contribution in [0.25, 0.3) is 0 Å². The minimum atomic E-state index is 0.851. The minimum Gasteiger partial charge on any atom is -0.314 e. The van der Waals surface area contributed by atoms with Gasteiger partial charge in [0.25, 0.3) is 0 Å². The molecule has 0 aromatic heterocycles. The van der Waals surface area contributed by atoms with Crippen LogP contribution in [-0.2, 0) is 0 Å². The predicted molar refractivity (Wildman–Crippen MR) is 62.9 cm³/mol. The van der Waals surface area contributed by atoms with Crippen LogP contribution in [0.4, 0.5) is 0 Å². The van der Waals surface area contributed by atoms with Crippen molar-refractivity contribution in [2.75, 3.05) is 26.2 Å². The van der Waals surface area contributed by atoms with Crippen molar-refractivity contribution in [3.63, 3.8) is 0 Å². The molecule has 0 amide bonds. The van der Waals surface area contributed by atoms with E-state index in [4.69, 9.17) is 0 Å². The van der Waals surface area contributed by atoms with Crippen LogP contribution >= 0.6 is 0 Å². The smallest absolute Gasteiger partial charge is 0.0120 e. The van der Waals surface area contributed by atoms with Gasteiger partial charge in [-0.15, -0.1) is 0 Å².